The molecule has 184 valence electrons. The highest BCUT2D eigenvalue weighted by atomic mass is 16.2. The second-order valence-corrected chi connectivity index (χ2v) is 9.91. The number of rotatable bonds is 7. The zero-order valence-corrected chi connectivity index (χ0v) is 21.3. The summed E-state index contributed by atoms with van der Waals surface area (Å²) in [5.74, 6) is 0.134. The molecule has 1 aliphatic heterocycles. The van der Waals surface area contributed by atoms with Crippen molar-refractivity contribution in [1.29, 1.82) is 0 Å². The average molecular weight is 478 g/mol. The molecular weight excluding hydrogens is 442 g/mol. The van der Waals surface area contributed by atoms with Gasteiger partial charge in [-0.05, 0) is 35.5 Å². The van der Waals surface area contributed by atoms with E-state index < -0.39 is 5.41 Å². The van der Waals surface area contributed by atoms with Crippen molar-refractivity contribution >= 4 is 22.4 Å². The number of carbonyl (C=O) groups excluding carboxylic acids is 1. The summed E-state index contributed by atoms with van der Waals surface area (Å²) in [5, 5.41) is 2.60. The summed E-state index contributed by atoms with van der Waals surface area (Å²) in [6.07, 6.45) is 0.742. The van der Waals surface area contributed by atoms with E-state index >= 15 is 0 Å². The van der Waals surface area contributed by atoms with E-state index in [0.717, 1.165) is 50.3 Å². The maximum atomic E-state index is 13.9. The Kier molecular flexibility index (Phi) is 7.06. The number of piperazine rings is 1. The minimum Gasteiger partial charge on any atom is -0.368 e. The molecule has 0 aliphatic carbocycles. The summed E-state index contributed by atoms with van der Waals surface area (Å²) < 4.78 is 0. The van der Waals surface area contributed by atoms with Crippen LogP contribution >= 0.6 is 0 Å². The van der Waals surface area contributed by atoms with Gasteiger partial charge in [-0.25, -0.2) is 0 Å². The topological polar surface area (TPSA) is 26.8 Å². The van der Waals surface area contributed by atoms with Crippen LogP contribution in [0.1, 0.15) is 17.5 Å². The van der Waals surface area contributed by atoms with E-state index in [2.05, 4.69) is 76.5 Å². The smallest absolute Gasteiger partial charge is 0.237 e. The molecule has 0 radical (unpaired) electrons. The summed E-state index contributed by atoms with van der Waals surface area (Å²) in [6, 6.07) is 35.8. The molecule has 0 spiro atoms. The van der Waals surface area contributed by atoms with E-state index in [-0.39, 0.29) is 5.91 Å². The first-order valence-electron chi connectivity index (χ1n) is 12.9. The van der Waals surface area contributed by atoms with Crippen molar-refractivity contribution in [2.45, 2.75) is 11.8 Å². The summed E-state index contributed by atoms with van der Waals surface area (Å²) in [7, 11) is 3.73. The predicted molar refractivity (Wildman–Crippen MR) is 150 cm³/mol. The standard InChI is InChI=1S/C32H35N3O/c1-33(2)31(36)32(27-14-5-3-6-15-27,28-16-7-4-8-17-28)20-21-34-22-24-35(25-23-34)30-19-11-13-26-12-9-10-18-29(26)30/h3-19H,20-25H2,1-2H3. The Morgan fingerprint density at radius 3 is 1.89 bits per heavy atom. The zero-order chi connectivity index (χ0) is 25.0. The summed E-state index contributed by atoms with van der Waals surface area (Å²) in [4.78, 5) is 20.7. The molecular formula is C32H35N3O. The van der Waals surface area contributed by atoms with Gasteiger partial charge in [-0.3, -0.25) is 9.69 Å². The fraction of sp³-hybridized carbons (Fsp3) is 0.281. The Hall–Kier alpha value is -3.63. The minimum absolute atomic E-state index is 0.134. The molecule has 1 heterocycles. The Labute approximate surface area is 214 Å². The minimum atomic E-state index is -0.710. The molecule has 4 aromatic carbocycles. The second-order valence-electron chi connectivity index (χ2n) is 9.91. The number of nitrogens with zero attached hydrogens (tertiary/aromatic N) is 3. The normalized spacial score (nSPS) is 14.7. The first-order valence-corrected chi connectivity index (χ1v) is 12.9. The van der Waals surface area contributed by atoms with Crippen molar-refractivity contribution in [2.24, 2.45) is 0 Å². The number of fused-ring (bicyclic) bond motifs is 1. The maximum absolute atomic E-state index is 13.9. The van der Waals surface area contributed by atoms with Crippen LogP contribution in [0.15, 0.2) is 103 Å². The number of amides is 1. The number of hydrogen-bond donors (Lipinski definition) is 0. The monoisotopic (exact) mass is 477 g/mol. The van der Waals surface area contributed by atoms with Crippen LogP contribution in [-0.4, -0.2) is 62.5 Å². The average Bonchev–Trinajstić information content (AvgIpc) is 2.94. The molecule has 0 atom stereocenters. The molecule has 0 aromatic heterocycles. The van der Waals surface area contributed by atoms with Crippen LogP contribution in [0.3, 0.4) is 0 Å². The van der Waals surface area contributed by atoms with E-state index in [9.17, 15) is 4.79 Å². The highest BCUT2D eigenvalue weighted by Gasteiger charge is 2.43. The first kappa shape index (κ1) is 24.1. The number of carbonyl (C=O) groups is 1. The molecule has 5 rings (SSSR count). The third-order valence-electron chi connectivity index (χ3n) is 7.59. The van der Waals surface area contributed by atoms with Crippen LogP contribution in [0.2, 0.25) is 0 Å². The lowest BCUT2D eigenvalue weighted by molar-refractivity contribution is -0.133. The molecule has 0 N–H and O–H groups in total. The van der Waals surface area contributed by atoms with Gasteiger partial charge in [0.1, 0.15) is 5.41 Å². The van der Waals surface area contributed by atoms with E-state index in [1.807, 2.05) is 50.5 Å². The molecule has 1 aliphatic rings. The molecule has 1 fully saturated rings. The fourth-order valence-corrected chi connectivity index (χ4v) is 5.66. The lowest BCUT2D eigenvalue weighted by atomic mass is 9.70. The second kappa shape index (κ2) is 10.5. The Morgan fingerprint density at radius 1 is 0.722 bits per heavy atom. The summed E-state index contributed by atoms with van der Waals surface area (Å²) >= 11 is 0. The quantitative estimate of drug-likeness (QED) is 0.355. The Bertz CT molecular complexity index is 1250. The van der Waals surface area contributed by atoms with Crippen molar-refractivity contribution in [3.8, 4) is 0 Å². The van der Waals surface area contributed by atoms with Crippen molar-refractivity contribution in [2.75, 3.05) is 51.7 Å². The van der Waals surface area contributed by atoms with Gasteiger partial charge in [-0.2, -0.15) is 0 Å². The molecule has 0 unspecified atom stereocenters. The predicted octanol–water partition coefficient (Wildman–Crippen LogP) is 5.43. The van der Waals surface area contributed by atoms with Gasteiger partial charge in [0.05, 0.1) is 0 Å². The van der Waals surface area contributed by atoms with Crippen molar-refractivity contribution in [3.63, 3.8) is 0 Å². The highest BCUT2D eigenvalue weighted by molar-refractivity contribution is 5.94. The van der Waals surface area contributed by atoms with Gasteiger partial charge in [-0.1, -0.05) is 97.1 Å². The van der Waals surface area contributed by atoms with E-state index in [1.54, 1.807) is 4.90 Å². The van der Waals surface area contributed by atoms with Gasteiger partial charge in [0.15, 0.2) is 0 Å². The summed E-state index contributed by atoms with van der Waals surface area (Å²) in [5.41, 5.74) is 2.73. The molecule has 1 amide bonds. The van der Waals surface area contributed by atoms with Gasteiger partial charge in [0.25, 0.3) is 0 Å². The highest BCUT2D eigenvalue weighted by Crippen LogP contribution is 2.38. The molecule has 1 saturated heterocycles. The zero-order valence-electron chi connectivity index (χ0n) is 21.3. The fourth-order valence-electron chi connectivity index (χ4n) is 5.66. The van der Waals surface area contributed by atoms with Gasteiger partial charge in [0, 0.05) is 51.3 Å². The van der Waals surface area contributed by atoms with Crippen LogP contribution < -0.4 is 4.90 Å². The third-order valence-corrected chi connectivity index (χ3v) is 7.59. The van der Waals surface area contributed by atoms with Gasteiger partial charge in [-0.15, -0.1) is 0 Å². The van der Waals surface area contributed by atoms with Gasteiger partial charge in [0.2, 0.25) is 5.91 Å². The summed E-state index contributed by atoms with van der Waals surface area (Å²) in [6.45, 7) is 4.81. The van der Waals surface area contributed by atoms with Crippen molar-refractivity contribution in [3.05, 3.63) is 114 Å². The molecule has 36 heavy (non-hydrogen) atoms. The van der Waals surface area contributed by atoms with E-state index in [4.69, 9.17) is 0 Å². The Balaban J connectivity index is 1.37. The van der Waals surface area contributed by atoms with Crippen LogP contribution in [-0.2, 0) is 10.2 Å². The van der Waals surface area contributed by atoms with E-state index in [1.165, 1.54) is 16.5 Å². The lowest BCUT2D eigenvalue weighted by Gasteiger charge is -2.40. The third kappa shape index (κ3) is 4.61. The number of hydrogen-bond acceptors (Lipinski definition) is 3. The molecule has 0 bridgehead atoms. The molecule has 4 aromatic rings. The SMILES string of the molecule is CN(C)C(=O)C(CCN1CCN(c2cccc3ccccc23)CC1)(c1ccccc1)c1ccccc1. The number of likely N-dealkylation sites (N-methyl/N-ethyl adjacent to an activating group) is 1. The van der Waals surface area contributed by atoms with Crippen molar-refractivity contribution < 1.29 is 4.79 Å². The molecule has 0 saturated carbocycles. The van der Waals surface area contributed by atoms with E-state index in [0.29, 0.717) is 0 Å². The number of benzene rings is 4. The molecule has 4 nitrogen and oxygen atoms in total. The largest absolute Gasteiger partial charge is 0.368 e. The van der Waals surface area contributed by atoms with Crippen LogP contribution in [0, 0.1) is 0 Å². The number of anilines is 1. The van der Waals surface area contributed by atoms with Crippen LogP contribution in [0.4, 0.5) is 5.69 Å². The maximum Gasteiger partial charge on any atom is 0.237 e. The van der Waals surface area contributed by atoms with Gasteiger partial charge < -0.3 is 9.80 Å². The van der Waals surface area contributed by atoms with Crippen molar-refractivity contribution in [1.82, 2.24) is 9.80 Å². The first-order chi connectivity index (χ1) is 17.6. The van der Waals surface area contributed by atoms with Crippen LogP contribution in [0.25, 0.3) is 10.8 Å². The lowest BCUT2D eigenvalue weighted by Crippen LogP contribution is -2.50. The van der Waals surface area contributed by atoms with Crippen LogP contribution in [0.5, 0.6) is 0 Å². The van der Waals surface area contributed by atoms with Gasteiger partial charge >= 0.3 is 0 Å². The molecule has 4 heteroatoms. The Morgan fingerprint density at radius 2 is 1.28 bits per heavy atom.